The van der Waals surface area contributed by atoms with Crippen molar-refractivity contribution in [1.82, 2.24) is 9.38 Å². The van der Waals surface area contributed by atoms with Crippen molar-refractivity contribution in [2.45, 2.75) is 39.7 Å². The number of hydrogen-bond donors (Lipinski definition) is 1. The largest absolute Gasteiger partial charge is 0.491 e. The maximum absolute atomic E-state index is 11.8. The highest BCUT2D eigenvalue weighted by atomic mass is 32.1. The molecule has 2 heterocycles. The number of ether oxygens (including phenoxy) is 1. The first-order chi connectivity index (χ1) is 11.5. The van der Waals surface area contributed by atoms with Gasteiger partial charge in [-0.2, -0.15) is 0 Å². The molecule has 0 amide bonds. The summed E-state index contributed by atoms with van der Waals surface area (Å²) in [6.45, 7) is 5.99. The second-order valence-corrected chi connectivity index (χ2v) is 6.73. The lowest BCUT2D eigenvalue weighted by atomic mass is 10.1. The standard InChI is InChI=1S/C18H20N2O3S/c1-4-5-14-16(17(21)22)20-15(10-24-18(20)19-14)12-6-8-13(9-7-12)23-11(2)3/h6-11H,4-5H2,1-3H3,(H,21,22). The molecule has 6 heteroatoms. The van der Waals surface area contributed by atoms with Gasteiger partial charge in [-0.3, -0.25) is 4.40 Å². The van der Waals surface area contributed by atoms with E-state index in [2.05, 4.69) is 4.98 Å². The number of imidazole rings is 1. The van der Waals surface area contributed by atoms with Crippen molar-refractivity contribution in [2.75, 3.05) is 0 Å². The van der Waals surface area contributed by atoms with Gasteiger partial charge in [-0.15, -0.1) is 11.3 Å². The van der Waals surface area contributed by atoms with Crippen LogP contribution in [0.3, 0.4) is 0 Å². The molecular formula is C18H20N2O3S. The molecule has 2 aromatic heterocycles. The minimum atomic E-state index is -0.939. The quantitative estimate of drug-likeness (QED) is 0.715. The first-order valence-corrected chi connectivity index (χ1v) is 8.88. The average molecular weight is 344 g/mol. The molecule has 24 heavy (non-hydrogen) atoms. The zero-order valence-electron chi connectivity index (χ0n) is 13.9. The molecule has 3 rings (SSSR count). The zero-order valence-corrected chi connectivity index (χ0v) is 14.8. The van der Waals surface area contributed by atoms with Crippen molar-refractivity contribution in [3.63, 3.8) is 0 Å². The molecule has 5 nitrogen and oxygen atoms in total. The average Bonchev–Trinajstić information content (AvgIpc) is 3.06. The number of carboxylic acid groups (broad SMARTS) is 1. The van der Waals surface area contributed by atoms with E-state index in [-0.39, 0.29) is 11.8 Å². The van der Waals surface area contributed by atoms with Crippen LogP contribution in [0.1, 0.15) is 43.4 Å². The van der Waals surface area contributed by atoms with Gasteiger partial charge in [0.2, 0.25) is 0 Å². The molecule has 0 aliphatic heterocycles. The van der Waals surface area contributed by atoms with Crippen LogP contribution in [0.4, 0.5) is 0 Å². The molecule has 1 N–H and O–H groups in total. The first-order valence-electron chi connectivity index (χ1n) is 8.00. The molecule has 0 aliphatic rings. The molecule has 0 saturated carbocycles. The fourth-order valence-corrected chi connectivity index (χ4v) is 3.63. The molecular weight excluding hydrogens is 324 g/mol. The Morgan fingerprint density at radius 1 is 1.33 bits per heavy atom. The van der Waals surface area contributed by atoms with Gasteiger partial charge in [0, 0.05) is 5.38 Å². The van der Waals surface area contributed by atoms with Crippen LogP contribution in [0.15, 0.2) is 29.6 Å². The van der Waals surface area contributed by atoms with Gasteiger partial charge in [0.1, 0.15) is 5.75 Å². The Morgan fingerprint density at radius 3 is 2.62 bits per heavy atom. The van der Waals surface area contributed by atoms with Crippen LogP contribution in [0.25, 0.3) is 16.2 Å². The van der Waals surface area contributed by atoms with Crippen LogP contribution < -0.4 is 4.74 Å². The van der Waals surface area contributed by atoms with Crippen LogP contribution in [-0.2, 0) is 6.42 Å². The van der Waals surface area contributed by atoms with Crippen molar-refractivity contribution < 1.29 is 14.6 Å². The van der Waals surface area contributed by atoms with Gasteiger partial charge >= 0.3 is 5.97 Å². The lowest BCUT2D eigenvalue weighted by Crippen LogP contribution is -2.06. The van der Waals surface area contributed by atoms with E-state index in [0.29, 0.717) is 17.1 Å². The number of benzene rings is 1. The van der Waals surface area contributed by atoms with Gasteiger partial charge in [-0.05, 0) is 50.1 Å². The number of aromatic nitrogens is 2. The Balaban J connectivity index is 2.08. The van der Waals surface area contributed by atoms with Crippen LogP contribution in [0.5, 0.6) is 5.75 Å². The van der Waals surface area contributed by atoms with E-state index in [9.17, 15) is 9.90 Å². The van der Waals surface area contributed by atoms with Gasteiger partial charge in [0.15, 0.2) is 10.7 Å². The summed E-state index contributed by atoms with van der Waals surface area (Å²) in [5.74, 6) is -0.138. The summed E-state index contributed by atoms with van der Waals surface area (Å²) in [6, 6.07) is 7.71. The maximum atomic E-state index is 11.8. The molecule has 0 saturated heterocycles. The summed E-state index contributed by atoms with van der Waals surface area (Å²) in [5, 5.41) is 11.6. The topological polar surface area (TPSA) is 63.8 Å². The highest BCUT2D eigenvalue weighted by molar-refractivity contribution is 7.15. The smallest absolute Gasteiger partial charge is 0.354 e. The SMILES string of the molecule is CCCc1nc2scc(-c3ccc(OC(C)C)cc3)n2c1C(=O)O. The Kier molecular flexibility index (Phi) is 4.57. The van der Waals surface area contributed by atoms with Crippen LogP contribution in [-0.4, -0.2) is 26.6 Å². The zero-order chi connectivity index (χ0) is 17.3. The van der Waals surface area contributed by atoms with Crippen molar-refractivity contribution in [2.24, 2.45) is 0 Å². The molecule has 0 aliphatic carbocycles. The third-order valence-corrected chi connectivity index (χ3v) is 4.47. The van der Waals surface area contributed by atoms with E-state index in [1.54, 1.807) is 4.40 Å². The molecule has 0 spiro atoms. The molecule has 126 valence electrons. The predicted molar refractivity (Wildman–Crippen MR) is 95.2 cm³/mol. The Bertz CT molecular complexity index is 862. The highest BCUT2D eigenvalue weighted by Gasteiger charge is 2.22. The molecule has 0 unspecified atom stereocenters. The summed E-state index contributed by atoms with van der Waals surface area (Å²) in [6.07, 6.45) is 1.64. The molecule has 0 fully saturated rings. The third kappa shape index (κ3) is 3.01. The fraction of sp³-hybridized carbons (Fsp3) is 0.333. The van der Waals surface area contributed by atoms with E-state index < -0.39 is 5.97 Å². The van der Waals surface area contributed by atoms with Crippen LogP contribution in [0, 0.1) is 0 Å². The summed E-state index contributed by atoms with van der Waals surface area (Å²) in [5.41, 5.74) is 2.71. The molecule has 0 atom stereocenters. The summed E-state index contributed by atoms with van der Waals surface area (Å²) in [4.78, 5) is 17.0. The summed E-state index contributed by atoms with van der Waals surface area (Å²) < 4.78 is 7.41. The number of aromatic carboxylic acids is 1. The number of carbonyl (C=O) groups is 1. The molecule has 1 aromatic carbocycles. The molecule has 0 bridgehead atoms. The number of carboxylic acids is 1. The van der Waals surface area contributed by atoms with Crippen molar-refractivity contribution >= 4 is 22.3 Å². The maximum Gasteiger partial charge on any atom is 0.354 e. The fourth-order valence-electron chi connectivity index (χ4n) is 2.71. The first kappa shape index (κ1) is 16.5. The van der Waals surface area contributed by atoms with Crippen molar-refractivity contribution in [1.29, 1.82) is 0 Å². The number of thiazole rings is 1. The van der Waals surface area contributed by atoms with E-state index in [4.69, 9.17) is 4.74 Å². The summed E-state index contributed by atoms with van der Waals surface area (Å²) >= 11 is 1.46. The second kappa shape index (κ2) is 6.65. The lowest BCUT2D eigenvalue weighted by Gasteiger charge is -2.10. The number of rotatable bonds is 6. The Hall–Kier alpha value is -2.34. The van der Waals surface area contributed by atoms with Gasteiger partial charge in [-0.25, -0.2) is 9.78 Å². The Labute approximate surface area is 144 Å². The number of aryl methyl sites for hydroxylation is 1. The van der Waals surface area contributed by atoms with Crippen LogP contribution in [0.2, 0.25) is 0 Å². The lowest BCUT2D eigenvalue weighted by molar-refractivity contribution is 0.0688. The summed E-state index contributed by atoms with van der Waals surface area (Å²) in [7, 11) is 0. The van der Waals surface area contributed by atoms with E-state index >= 15 is 0 Å². The van der Waals surface area contributed by atoms with E-state index in [1.165, 1.54) is 11.3 Å². The number of nitrogens with zero attached hydrogens (tertiary/aromatic N) is 2. The molecule has 0 radical (unpaired) electrons. The van der Waals surface area contributed by atoms with Crippen molar-refractivity contribution in [3.8, 4) is 17.0 Å². The van der Waals surface area contributed by atoms with Gasteiger partial charge in [0.25, 0.3) is 0 Å². The highest BCUT2D eigenvalue weighted by Crippen LogP contribution is 2.30. The number of hydrogen-bond acceptors (Lipinski definition) is 4. The predicted octanol–water partition coefficient (Wildman–Crippen LogP) is 4.50. The van der Waals surface area contributed by atoms with Gasteiger partial charge in [0.05, 0.1) is 17.5 Å². The normalized spacial score (nSPS) is 11.3. The van der Waals surface area contributed by atoms with E-state index in [1.807, 2.05) is 50.4 Å². The minimum absolute atomic E-state index is 0.118. The monoisotopic (exact) mass is 344 g/mol. The molecule has 3 aromatic rings. The second-order valence-electron chi connectivity index (χ2n) is 5.89. The van der Waals surface area contributed by atoms with E-state index in [0.717, 1.165) is 23.4 Å². The minimum Gasteiger partial charge on any atom is -0.491 e. The Morgan fingerprint density at radius 2 is 2.04 bits per heavy atom. The van der Waals surface area contributed by atoms with Crippen LogP contribution >= 0.6 is 11.3 Å². The number of fused-ring (bicyclic) bond motifs is 1. The van der Waals surface area contributed by atoms with Gasteiger partial charge in [-0.1, -0.05) is 13.3 Å². The van der Waals surface area contributed by atoms with Crippen molar-refractivity contribution in [3.05, 3.63) is 41.0 Å². The third-order valence-electron chi connectivity index (χ3n) is 3.65. The van der Waals surface area contributed by atoms with Gasteiger partial charge < -0.3 is 9.84 Å².